The van der Waals surface area contributed by atoms with Crippen LogP contribution in [0.3, 0.4) is 0 Å². The highest BCUT2D eigenvalue weighted by atomic mass is 79.9. The maximum atomic E-state index is 12.3. The highest BCUT2D eigenvalue weighted by Gasteiger charge is 2.22. The Hall–Kier alpha value is -2.41. The van der Waals surface area contributed by atoms with Gasteiger partial charge in [-0.05, 0) is 43.3 Å². The minimum Gasteiger partial charge on any atom is -0.406 e. The predicted molar refractivity (Wildman–Crippen MR) is 85.8 cm³/mol. The lowest BCUT2D eigenvalue weighted by atomic mass is 10.2. The Kier molecular flexibility index (Phi) is 3.81. The summed E-state index contributed by atoms with van der Waals surface area (Å²) in [5, 5.41) is 2.76. The van der Waals surface area contributed by atoms with Gasteiger partial charge in [-0.15, -0.1) is 0 Å². The van der Waals surface area contributed by atoms with Crippen molar-refractivity contribution in [2.75, 3.05) is 5.32 Å². The number of benzene rings is 1. The fourth-order valence-electron chi connectivity index (χ4n) is 2.11. The van der Waals surface area contributed by atoms with Crippen LogP contribution in [0.25, 0.3) is 11.2 Å². The first-order valence-electron chi connectivity index (χ1n) is 6.59. The lowest BCUT2D eigenvalue weighted by molar-refractivity contribution is -0.118. The molecule has 1 aromatic carbocycles. The van der Waals surface area contributed by atoms with Crippen LogP contribution in [0.2, 0.25) is 0 Å². The largest absolute Gasteiger partial charge is 0.421 e. The van der Waals surface area contributed by atoms with Crippen molar-refractivity contribution >= 4 is 38.8 Å². The first-order valence-corrected chi connectivity index (χ1v) is 7.38. The number of carbonyl (C=O) groups is 1. The van der Waals surface area contributed by atoms with Gasteiger partial charge in [0.2, 0.25) is 5.91 Å². The number of nitrogens with zero attached hydrogens (tertiary/aromatic N) is 2. The molecular formula is C15H12BrN3O3. The zero-order valence-corrected chi connectivity index (χ0v) is 13.2. The van der Waals surface area contributed by atoms with Gasteiger partial charge in [0.1, 0.15) is 6.04 Å². The molecule has 2 aromatic heterocycles. The number of hydrogen-bond donors (Lipinski definition) is 1. The molecule has 0 aliphatic heterocycles. The fourth-order valence-corrected chi connectivity index (χ4v) is 2.38. The summed E-state index contributed by atoms with van der Waals surface area (Å²) in [4.78, 5) is 28.4. The number of amides is 1. The quantitative estimate of drug-likeness (QED) is 0.777. The van der Waals surface area contributed by atoms with E-state index in [0.29, 0.717) is 16.9 Å². The van der Waals surface area contributed by atoms with Crippen molar-refractivity contribution in [3.8, 4) is 0 Å². The van der Waals surface area contributed by atoms with E-state index in [2.05, 4.69) is 26.2 Å². The maximum absolute atomic E-state index is 12.3. The van der Waals surface area contributed by atoms with Crippen LogP contribution < -0.4 is 11.1 Å². The molecule has 1 unspecified atom stereocenters. The SMILES string of the molecule is CC(C(=O)Nc1ccc(Br)cc1)n1c(=O)oc2cccnc21. The molecule has 0 saturated heterocycles. The number of nitrogens with one attached hydrogen (secondary N) is 1. The molecule has 1 atom stereocenters. The number of fused-ring (bicyclic) bond motifs is 1. The Morgan fingerprint density at radius 2 is 2.05 bits per heavy atom. The van der Waals surface area contributed by atoms with Crippen molar-refractivity contribution in [2.45, 2.75) is 13.0 Å². The van der Waals surface area contributed by atoms with Gasteiger partial charge < -0.3 is 9.73 Å². The van der Waals surface area contributed by atoms with Crippen LogP contribution in [0.15, 0.2) is 56.3 Å². The fraction of sp³-hybridized carbons (Fsp3) is 0.133. The molecule has 22 heavy (non-hydrogen) atoms. The van der Waals surface area contributed by atoms with Crippen molar-refractivity contribution in [3.63, 3.8) is 0 Å². The van der Waals surface area contributed by atoms with E-state index >= 15 is 0 Å². The van der Waals surface area contributed by atoms with E-state index in [1.165, 1.54) is 4.57 Å². The average Bonchev–Trinajstić information content (AvgIpc) is 2.84. The monoisotopic (exact) mass is 361 g/mol. The van der Waals surface area contributed by atoms with E-state index in [-0.39, 0.29) is 5.91 Å². The molecule has 3 aromatic rings. The Morgan fingerprint density at radius 3 is 2.77 bits per heavy atom. The minimum absolute atomic E-state index is 0.322. The summed E-state index contributed by atoms with van der Waals surface area (Å²) in [5.74, 6) is -0.926. The van der Waals surface area contributed by atoms with E-state index < -0.39 is 11.8 Å². The molecule has 1 amide bonds. The van der Waals surface area contributed by atoms with Gasteiger partial charge in [-0.25, -0.2) is 14.3 Å². The Morgan fingerprint density at radius 1 is 1.32 bits per heavy atom. The molecule has 112 valence electrons. The van der Waals surface area contributed by atoms with Crippen molar-refractivity contribution < 1.29 is 9.21 Å². The molecular weight excluding hydrogens is 350 g/mol. The second kappa shape index (κ2) is 5.76. The van der Waals surface area contributed by atoms with E-state index in [0.717, 1.165) is 4.47 Å². The molecule has 7 heteroatoms. The van der Waals surface area contributed by atoms with E-state index in [9.17, 15) is 9.59 Å². The molecule has 0 aliphatic rings. The van der Waals surface area contributed by atoms with Gasteiger partial charge in [-0.2, -0.15) is 0 Å². The lowest BCUT2D eigenvalue weighted by Crippen LogP contribution is -2.29. The zero-order valence-electron chi connectivity index (χ0n) is 11.6. The van der Waals surface area contributed by atoms with Crippen molar-refractivity contribution in [1.29, 1.82) is 0 Å². The summed E-state index contributed by atoms with van der Waals surface area (Å²) < 4.78 is 7.25. The smallest absolute Gasteiger partial charge is 0.406 e. The van der Waals surface area contributed by atoms with Gasteiger partial charge in [0, 0.05) is 16.4 Å². The van der Waals surface area contributed by atoms with Gasteiger partial charge in [-0.3, -0.25) is 4.79 Å². The van der Waals surface area contributed by atoms with Crippen molar-refractivity contribution in [3.05, 3.63) is 57.6 Å². The minimum atomic E-state index is -0.743. The van der Waals surface area contributed by atoms with Crippen LogP contribution in [0.5, 0.6) is 0 Å². The predicted octanol–water partition coefficient (Wildman–Crippen LogP) is 2.95. The summed E-state index contributed by atoms with van der Waals surface area (Å²) in [6.45, 7) is 1.62. The van der Waals surface area contributed by atoms with Gasteiger partial charge in [0.05, 0.1) is 0 Å². The maximum Gasteiger partial charge on any atom is 0.421 e. The second-order valence-corrected chi connectivity index (χ2v) is 5.65. The summed E-state index contributed by atoms with van der Waals surface area (Å²) in [5.41, 5.74) is 1.36. The first-order chi connectivity index (χ1) is 10.6. The molecule has 6 nitrogen and oxygen atoms in total. The summed E-state index contributed by atoms with van der Waals surface area (Å²) in [7, 11) is 0. The molecule has 0 radical (unpaired) electrons. The first kappa shape index (κ1) is 14.5. The summed E-state index contributed by atoms with van der Waals surface area (Å²) in [6, 6.07) is 9.74. The molecule has 0 aliphatic carbocycles. The molecule has 0 bridgehead atoms. The van der Waals surface area contributed by atoms with Gasteiger partial charge in [0.25, 0.3) is 0 Å². The van der Waals surface area contributed by atoms with Crippen molar-refractivity contribution in [2.24, 2.45) is 0 Å². The summed E-state index contributed by atoms with van der Waals surface area (Å²) in [6.07, 6.45) is 1.55. The second-order valence-electron chi connectivity index (χ2n) is 4.74. The molecule has 0 spiro atoms. The van der Waals surface area contributed by atoms with Crippen LogP contribution in [0.4, 0.5) is 5.69 Å². The number of pyridine rings is 1. The Labute approximate surface area is 133 Å². The Bertz CT molecular complexity index is 883. The highest BCUT2D eigenvalue weighted by Crippen LogP contribution is 2.18. The van der Waals surface area contributed by atoms with E-state index in [4.69, 9.17) is 4.42 Å². The average molecular weight is 362 g/mol. The highest BCUT2D eigenvalue weighted by molar-refractivity contribution is 9.10. The molecule has 2 heterocycles. The number of oxazole rings is 1. The normalized spacial score (nSPS) is 12.3. The van der Waals surface area contributed by atoms with Crippen LogP contribution >= 0.6 is 15.9 Å². The third-order valence-corrected chi connectivity index (χ3v) is 3.78. The number of hydrogen-bond acceptors (Lipinski definition) is 4. The van der Waals surface area contributed by atoms with Crippen LogP contribution in [-0.2, 0) is 4.79 Å². The van der Waals surface area contributed by atoms with Crippen LogP contribution in [0.1, 0.15) is 13.0 Å². The Balaban J connectivity index is 1.90. The molecule has 3 rings (SSSR count). The number of rotatable bonds is 3. The molecule has 0 saturated carbocycles. The van der Waals surface area contributed by atoms with Gasteiger partial charge in [-0.1, -0.05) is 15.9 Å². The zero-order chi connectivity index (χ0) is 15.7. The number of carbonyl (C=O) groups excluding carboxylic acids is 1. The lowest BCUT2D eigenvalue weighted by Gasteiger charge is -2.12. The van der Waals surface area contributed by atoms with Gasteiger partial charge >= 0.3 is 5.76 Å². The number of halogens is 1. The summed E-state index contributed by atoms with van der Waals surface area (Å²) >= 11 is 3.33. The van der Waals surface area contributed by atoms with E-state index in [1.807, 2.05) is 12.1 Å². The standard InChI is InChI=1S/C15H12BrN3O3/c1-9(14(20)18-11-6-4-10(16)5-7-11)19-13-12(22-15(19)21)3-2-8-17-13/h2-9H,1H3,(H,18,20). The molecule has 1 N–H and O–H groups in total. The number of aromatic nitrogens is 2. The van der Waals surface area contributed by atoms with Gasteiger partial charge in [0.15, 0.2) is 11.2 Å². The third kappa shape index (κ3) is 2.67. The molecule has 0 fully saturated rings. The third-order valence-electron chi connectivity index (χ3n) is 3.25. The number of anilines is 1. The van der Waals surface area contributed by atoms with Crippen LogP contribution in [-0.4, -0.2) is 15.5 Å². The topological polar surface area (TPSA) is 77.1 Å². The van der Waals surface area contributed by atoms with Crippen LogP contribution in [0, 0.1) is 0 Å². The van der Waals surface area contributed by atoms with Crippen molar-refractivity contribution in [1.82, 2.24) is 9.55 Å². The van der Waals surface area contributed by atoms with E-state index in [1.54, 1.807) is 37.4 Å².